The molecule has 1 aliphatic heterocycles. The molecule has 3 nitrogen and oxygen atoms in total. The summed E-state index contributed by atoms with van der Waals surface area (Å²) in [5, 5.41) is 2.00. The molecule has 92 valence electrons. The average molecular weight is 323 g/mol. The van der Waals surface area contributed by atoms with Crippen LogP contribution in [-0.2, 0) is 4.79 Å². The van der Waals surface area contributed by atoms with Gasteiger partial charge in [0, 0.05) is 15.0 Å². The molecule has 2 aromatic rings. The number of carbonyl (C=O) groups is 1. The van der Waals surface area contributed by atoms with E-state index in [0.29, 0.717) is 0 Å². The number of thiophene rings is 1. The third kappa shape index (κ3) is 1.79. The Morgan fingerprint density at radius 1 is 1.22 bits per heavy atom. The number of rotatable bonds is 2. The Morgan fingerprint density at radius 2 is 1.94 bits per heavy atom. The summed E-state index contributed by atoms with van der Waals surface area (Å²) in [5.41, 5.74) is 6.81. The predicted molar refractivity (Wildman–Crippen MR) is 76.7 cm³/mol. The minimum absolute atomic E-state index is 0.0178. The van der Waals surface area contributed by atoms with Crippen LogP contribution in [0.4, 0.5) is 5.69 Å². The van der Waals surface area contributed by atoms with Crippen molar-refractivity contribution in [3.05, 3.63) is 51.1 Å². The Hall–Kier alpha value is -1.17. The summed E-state index contributed by atoms with van der Waals surface area (Å²) in [5.74, 6) is -0.0178. The lowest BCUT2D eigenvalue weighted by Gasteiger charge is -2.44. The number of benzene rings is 1. The fourth-order valence-corrected chi connectivity index (χ4v) is 3.29. The van der Waals surface area contributed by atoms with Crippen molar-refractivity contribution in [3.63, 3.8) is 0 Å². The fraction of sp³-hybridized carbons (Fsp3) is 0.154. The van der Waals surface area contributed by atoms with E-state index in [2.05, 4.69) is 15.9 Å². The molecule has 3 rings (SSSR count). The molecule has 5 heteroatoms. The number of β-lactam (4-membered cyclic amide) rings is 1. The Morgan fingerprint density at radius 3 is 2.56 bits per heavy atom. The van der Waals surface area contributed by atoms with Crippen molar-refractivity contribution >= 4 is 38.9 Å². The van der Waals surface area contributed by atoms with Crippen LogP contribution in [0.5, 0.6) is 0 Å². The number of carbonyl (C=O) groups excluding carboxylic acids is 1. The molecule has 0 saturated carbocycles. The molecule has 2 atom stereocenters. The van der Waals surface area contributed by atoms with E-state index in [4.69, 9.17) is 5.73 Å². The van der Waals surface area contributed by atoms with Gasteiger partial charge >= 0.3 is 0 Å². The molecule has 0 aliphatic carbocycles. The van der Waals surface area contributed by atoms with Gasteiger partial charge in [-0.25, -0.2) is 0 Å². The molecular weight excluding hydrogens is 312 g/mol. The number of nitrogens with zero attached hydrogens (tertiary/aromatic N) is 1. The lowest BCUT2D eigenvalue weighted by molar-refractivity contribution is -0.126. The van der Waals surface area contributed by atoms with E-state index in [-0.39, 0.29) is 11.9 Å². The second kappa shape index (κ2) is 4.50. The van der Waals surface area contributed by atoms with Crippen molar-refractivity contribution in [2.45, 2.75) is 12.1 Å². The number of nitrogens with two attached hydrogens (primary N) is 1. The number of hydrogen-bond donors (Lipinski definition) is 1. The van der Waals surface area contributed by atoms with Gasteiger partial charge in [-0.1, -0.05) is 22.0 Å². The van der Waals surface area contributed by atoms with Crippen LogP contribution in [0.25, 0.3) is 0 Å². The van der Waals surface area contributed by atoms with Crippen LogP contribution >= 0.6 is 27.3 Å². The smallest absolute Gasteiger partial charge is 0.247 e. The third-order valence-corrected chi connectivity index (χ3v) is 4.55. The average Bonchev–Trinajstić information content (AvgIpc) is 2.89. The normalized spacial score (nSPS) is 23.0. The Kier molecular flexibility index (Phi) is 2.97. The van der Waals surface area contributed by atoms with E-state index in [9.17, 15) is 4.79 Å². The molecular formula is C13H11BrN2OS. The summed E-state index contributed by atoms with van der Waals surface area (Å²) < 4.78 is 0.996. The van der Waals surface area contributed by atoms with Crippen molar-refractivity contribution in [1.82, 2.24) is 0 Å². The molecule has 0 unspecified atom stereocenters. The van der Waals surface area contributed by atoms with Gasteiger partial charge < -0.3 is 10.6 Å². The van der Waals surface area contributed by atoms with Gasteiger partial charge in [-0.2, -0.15) is 0 Å². The van der Waals surface area contributed by atoms with Gasteiger partial charge in [0.15, 0.2) is 0 Å². The van der Waals surface area contributed by atoms with Gasteiger partial charge in [0.1, 0.15) is 6.04 Å². The van der Waals surface area contributed by atoms with Crippen molar-refractivity contribution in [3.8, 4) is 0 Å². The highest BCUT2D eigenvalue weighted by Crippen LogP contribution is 2.40. The van der Waals surface area contributed by atoms with E-state index in [1.54, 1.807) is 16.2 Å². The maximum Gasteiger partial charge on any atom is 0.247 e. The van der Waals surface area contributed by atoms with Gasteiger partial charge in [-0.15, -0.1) is 11.3 Å². The van der Waals surface area contributed by atoms with E-state index in [0.717, 1.165) is 15.0 Å². The molecule has 1 aliphatic rings. The highest BCUT2D eigenvalue weighted by Gasteiger charge is 2.47. The summed E-state index contributed by atoms with van der Waals surface area (Å²) in [4.78, 5) is 14.8. The molecule has 1 amide bonds. The van der Waals surface area contributed by atoms with Crippen LogP contribution < -0.4 is 10.6 Å². The quantitative estimate of drug-likeness (QED) is 0.864. The zero-order chi connectivity index (χ0) is 12.7. The largest absolute Gasteiger partial charge is 0.318 e. The standard InChI is InChI=1S/C13H11BrN2OS/c14-8-3-5-9(6-4-8)16-12(11(15)13(16)17)10-2-1-7-18-10/h1-7,11-12H,15H2/t11-,12+/m0/s1. The monoisotopic (exact) mass is 322 g/mol. The molecule has 1 fully saturated rings. The first kappa shape index (κ1) is 11.9. The summed E-state index contributed by atoms with van der Waals surface area (Å²) >= 11 is 5.02. The van der Waals surface area contributed by atoms with E-state index >= 15 is 0 Å². The van der Waals surface area contributed by atoms with E-state index < -0.39 is 6.04 Å². The Bertz CT molecular complexity index is 567. The highest BCUT2D eigenvalue weighted by atomic mass is 79.9. The molecule has 0 bridgehead atoms. The molecule has 18 heavy (non-hydrogen) atoms. The first-order chi connectivity index (χ1) is 8.68. The molecule has 1 aromatic heterocycles. The lowest BCUT2D eigenvalue weighted by Crippen LogP contribution is -2.63. The number of amides is 1. The van der Waals surface area contributed by atoms with Gasteiger partial charge in [0.05, 0.1) is 6.04 Å². The summed E-state index contributed by atoms with van der Waals surface area (Å²) in [6.07, 6.45) is 0. The van der Waals surface area contributed by atoms with Crippen LogP contribution in [0.3, 0.4) is 0 Å². The molecule has 1 aromatic carbocycles. The second-order valence-electron chi connectivity index (χ2n) is 4.17. The van der Waals surface area contributed by atoms with Crippen LogP contribution in [0, 0.1) is 0 Å². The van der Waals surface area contributed by atoms with Crippen molar-refractivity contribution < 1.29 is 4.79 Å². The summed E-state index contributed by atoms with van der Waals surface area (Å²) in [6, 6.07) is 11.3. The second-order valence-corrected chi connectivity index (χ2v) is 6.07. The van der Waals surface area contributed by atoms with Crippen molar-refractivity contribution in [2.75, 3.05) is 4.90 Å². The maximum atomic E-state index is 11.9. The number of hydrogen-bond acceptors (Lipinski definition) is 3. The Labute approximate surface area is 117 Å². The minimum atomic E-state index is -0.424. The van der Waals surface area contributed by atoms with Crippen LogP contribution in [0.15, 0.2) is 46.3 Å². The zero-order valence-electron chi connectivity index (χ0n) is 9.42. The maximum absolute atomic E-state index is 11.9. The Balaban J connectivity index is 1.95. The SMILES string of the molecule is N[C@@H]1C(=O)N(c2ccc(Br)cc2)[C@@H]1c1cccs1. The van der Waals surface area contributed by atoms with Gasteiger partial charge in [-0.05, 0) is 35.7 Å². The fourth-order valence-electron chi connectivity index (χ4n) is 2.16. The molecule has 1 saturated heterocycles. The zero-order valence-corrected chi connectivity index (χ0v) is 11.8. The number of anilines is 1. The number of halogens is 1. The van der Waals surface area contributed by atoms with E-state index in [1.807, 2.05) is 41.8 Å². The van der Waals surface area contributed by atoms with Gasteiger partial charge in [0.25, 0.3) is 0 Å². The predicted octanol–water partition coefficient (Wildman–Crippen LogP) is 2.93. The minimum Gasteiger partial charge on any atom is -0.318 e. The van der Waals surface area contributed by atoms with Gasteiger partial charge in [0.2, 0.25) is 5.91 Å². The van der Waals surface area contributed by atoms with Crippen LogP contribution in [0.2, 0.25) is 0 Å². The lowest BCUT2D eigenvalue weighted by atomic mass is 9.93. The molecule has 2 N–H and O–H groups in total. The van der Waals surface area contributed by atoms with Crippen molar-refractivity contribution in [1.29, 1.82) is 0 Å². The van der Waals surface area contributed by atoms with Crippen LogP contribution in [0.1, 0.15) is 10.9 Å². The first-order valence-corrected chi connectivity index (χ1v) is 7.23. The van der Waals surface area contributed by atoms with Crippen molar-refractivity contribution in [2.24, 2.45) is 5.73 Å². The molecule has 0 spiro atoms. The highest BCUT2D eigenvalue weighted by molar-refractivity contribution is 9.10. The summed E-state index contributed by atoms with van der Waals surface area (Å²) in [7, 11) is 0. The molecule has 2 heterocycles. The molecule has 0 radical (unpaired) electrons. The van der Waals surface area contributed by atoms with Gasteiger partial charge in [-0.3, -0.25) is 4.79 Å². The topological polar surface area (TPSA) is 46.3 Å². The van der Waals surface area contributed by atoms with E-state index in [1.165, 1.54) is 0 Å². The van der Waals surface area contributed by atoms with Crippen LogP contribution in [-0.4, -0.2) is 11.9 Å². The summed E-state index contributed by atoms with van der Waals surface area (Å²) in [6.45, 7) is 0. The third-order valence-electron chi connectivity index (χ3n) is 3.08. The first-order valence-electron chi connectivity index (χ1n) is 5.56.